The Morgan fingerprint density at radius 1 is 1.33 bits per heavy atom. The standard InChI is InChI=1S/C21H22N2O4/c1-4-27-21(25)17-19(22-12-14-8-6-9-15(11-14)26-3)16-10-5-7-13(2)18(16)23-20(17)24/h5-11,16,22H,4,12H2,1-3H3. The van der Waals surface area contributed by atoms with Crippen LogP contribution in [0.3, 0.4) is 0 Å². The fraction of sp³-hybridized carbons (Fsp3) is 0.286. The van der Waals surface area contributed by atoms with E-state index in [1.165, 1.54) is 0 Å². The number of benzene rings is 1. The van der Waals surface area contributed by atoms with E-state index in [0.717, 1.165) is 16.9 Å². The highest BCUT2D eigenvalue weighted by Crippen LogP contribution is 2.30. The molecule has 1 aliphatic carbocycles. The number of aliphatic imine (C=N–C) groups is 1. The van der Waals surface area contributed by atoms with E-state index in [9.17, 15) is 9.59 Å². The van der Waals surface area contributed by atoms with Gasteiger partial charge >= 0.3 is 5.97 Å². The van der Waals surface area contributed by atoms with Crippen molar-refractivity contribution in [3.05, 3.63) is 64.9 Å². The van der Waals surface area contributed by atoms with Gasteiger partial charge in [-0.2, -0.15) is 0 Å². The van der Waals surface area contributed by atoms with Crippen molar-refractivity contribution in [1.82, 2.24) is 5.32 Å². The van der Waals surface area contributed by atoms with E-state index in [-0.39, 0.29) is 18.1 Å². The summed E-state index contributed by atoms with van der Waals surface area (Å²) >= 11 is 0. The lowest BCUT2D eigenvalue weighted by molar-refractivity contribution is -0.140. The topological polar surface area (TPSA) is 77.0 Å². The number of carbonyl (C=O) groups is 2. The molecule has 0 radical (unpaired) electrons. The van der Waals surface area contributed by atoms with Gasteiger partial charge in [0.1, 0.15) is 11.3 Å². The molecule has 0 aromatic heterocycles. The van der Waals surface area contributed by atoms with Crippen LogP contribution in [0.15, 0.2) is 64.3 Å². The molecule has 140 valence electrons. The zero-order chi connectivity index (χ0) is 19.4. The molecule has 1 aliphatic heterocycles. The van der Waals surface area contributed by atoms with E-state index in [1.54, 1.807) is 14.0 Å². The number of hydrogen-bond acceptors (Lipinski definition) is 5. The van der Waals surface area contributed by atoms with Gasteiger partial charge in [-0.3, -0.25) is 4.79 Å². The molecule has 3 rings (SSSR count). The Bertz CT molecular complexity index is 893. The van der Waals surface area contributed by atoms with Crippen LogP contribution in [-0.4, -0.2) is 31.3 Å². The zero-order valence-electron chi connectivity index (χ0n) is 15.6. The second-order valence-electron chi connectivity index (χ2n) is 6.23. The summed E-state index contributed by atoms with van der Waals surface area (Å²) < 4.78 is 10.3. The number of ether oxygens (including phenoxy) is 2. The number of fused-ring (bicyclic) bond motifs is 1. The van der Waals surface area contributed by atoms with Crippen LogP contribution in [0.4, 0.5) is 0 Å². The Hall–Kier alpha value is -3.15. The van der Waals surface area contributed by atoms with E-state index in [1.807, 2.05) is 49.4 Å². The van der Waals surface area contributed by atoms with Crippen LogP contribution < -0.4 is 10.1 Å². The summed E-state index contributed by atoms with van der Waals surface area (Å²) in [5.41, 5.74) is 3.01. The predicted octanol–water partition coefficient (Wildman–Crippen LogP) is 2.72. The normalized spacial score (nSPS) is 18.5. The number of esters is 1. The summed E-state index contributed by atoms with van der Waals surface area (Å²) in [6, 6.07) is 7.60. The van der Waals surface area contributed by atoms with E-state index >= 15 is 0 Å². The average molecular weight is 366 g/mol. The van der Waals surface area contributed by atoms with Crippen molar-refractivity contribution < 1.29 is 19.1 Å². The number of nitrogens with zero attached hydrogens (tertiary/aromatic N) is 1. The molecule has 1 aromatic carbocycles. The third-order valence-electron chi connectivity index (χ3n) is 4.46. The lowest BCUT2D eigenvalue weighted by Crippen LogP contribution is -2.36. The zero-order valence-corrected chi connectivity index (χ0v) is 15.6. The van der Waals surface area contributed by atoms with Crippen LogP contribution in [0.1, 0.15) is 19.4 Å². The molecule has 2 aliphatic rings. The summed E-state index contributed by atoms with van der Waals surface area (Å²) in [6.45, 7) is 4.23. The largest absolute Gasteiger partial charge is 0.497 e. The minimum absolute atomic E-state index is 0.0344. The predicted molar refractivity (Wildman–Crippen MR) is 102 cm³/mol. The number of nitrogens with one attached hydrogen (secondary N) is 1. The summed E-state index contributed by atoms with van der Waals surface area (Å²) in [6.07, 6.45) is 5.73. The molecule has 0 saturated heterocycles. The maximum absolute atomic E-state index is 12.6. The smallest absolute Gasteiger partial charge is 0.345 e. The first-order valence-corrected chi connectivity index (χ1v) is 8.81. The van der Waals surface area contributed by atoms with Crippen LogP contribution >= 0.6 is 0 Å². The molecule has 0 fully saturated rings. The van der Waals surface area contributed by atoms with Gasteiger partial charge in [0.2, 0.25) is 0 Å². The maximum atomic E-state index is 12.6. The molecule has 6 nitrogen and oxygen atoms in total. The number of rotatable bonds is 6. The van der Waals surface area contributed by atoms with Gasteiger partial charge in [-0.25, -0.2) is 9.79 Å². The molecule has 0 saturated carbocycles. The summed E-state index contributed by atoms with van der Waals surface area (Å²) in [4.78, 5) is 29.1. The van der Waals surface area contributed by atoms with Gasteiger partial charge in [0, 0.05) is 12.2 Å². The van der Waals surface area contributed by atoms with Crippen LogP contribution in [0.5, 0.6) is 5.75 Å². The molecular formula is C21H22N2O4. The second-order valence-corrected chi connectivity index (χ2v) is 6.23. The van der Waals surface area contributed by atoms with Crippen LogP contribution in [0.25, 0.3) is 0 Å². The van der Waals surface area contributed by atoms with Crippen molar-refractivity contribution in [1.29, 1.82) is 0 Å². The van der Waals surface area contributed by atoms with Crippen molar-refractivity contribution in [2.24, 2.45) is 10.9 Å². The molecule has 0 spiro atoms. The quantitative estimate of drug-likeness (QED) is 0.619. The Morgan fingerprint density at radius 2 is 2.15 bits per heavy atom. The Labute approximate surface area is 158 Å². The van der Waals surface area contributed by atoms with Gasteiger partial charge in [-0.1, -0.05) is 30.4 Å². The van der Waals surface area contributed by atoms with Crippen molar-refractivity contribution in [3.63, 3.8) is 0 Å². The molecule has 27 heavy (non-hydrogen) atoms. The highest BCUT2D eigenvalue weighted by molar-refractivity contribution is 6.25. The fourth-order valence-corrected chi connectivity index (χ4v) is 3.14. The molecule has 1 amide bonds. The van der Waals surface area contributed by atoms with Crippen molar-refractivity contribution >= 4 is 17.6 Å². The molecule has 1 atom stereocenters. The van der Waals surface area contributed by atoms with E-state index in [4.69, 9.17) is 9.47 Å². The maximum Gasteiger partial charge on any atom is 0.345 e. The monoisotopic (exact) mass is 366 g/mol. The van der Waals surface area contributed by atoms with E-state index in [2.05, 4.69) is 10.3 Å². The molecule has 1 heterocycles. The van der Waals surface area contributed by atoms with Gasteiger partial charge in [0.05, 0.1) is 25.3 Å². The first kappa shape index (κ1) is 18.6. The highest BCUT2D eigenvalue weighted by atomic mass is 16.5. The highest BCUT2D eigenvalue weighted by Gasteiger charge is 2.36. The third kappa shape index (κ3) is 3.84. The van der Waals surface area contributed by atoms with Crippen molar-refractivity contribution in [2.45, 2.75) is 20.4 Å². The average Bonchev–Trinajstić information content (AvgIpc) is 2.67. The first-order valence-electron chi connectivity index (χ1n) is 8.81. The van der Waals surface area contributed by atoms with Crippen LogP contribution in [0.2, 0.25) is 0 Å². The summed E-state index contributed by atoms with van der Waals surface area (Å²) in [5, 5.41) is 3.27. The van der Waals surface area contributed by atoms with E-state index in [0.29, 0.717) is 18.0 Å². The molecule has 1 unspecified atom stereocenters. The number of carbonyl (C=O) groups excluding carboxylic acids is 2. The number of methoxy groups -OCH3 is 1. The number of dihydropyridines is 1. The number of amides is 1. The molecule has 6 heteroatoms. The van der Waals surface area contributed by atoms with Gasteiger partial charge < -0.3 is 14.8 Å². The van der Waals surface area contributed by atoms with Gasteiger partial charge in [-0.15, -0.1) is 0 Å². The molecular weight excluding hydrogens is 344 g/mol. The van der Waals surface area contributed by atoms with Gasteiger partial charge in [0.15, 0.2) is 0 Å². The molecule has 1 N–H and O–H groups in total. The summed E-state index contributed by atoms with van der Waals surface area (Å²) in [7, 11) is 1.61. The van der Waals surface area contributed by atoms with Gasteiger partial charge in [-0.05, 0) is 37.1 Å². The summed E-state index contributed by atoms with van der Waals surface area (Å²) in [5.74, 6) is -0.764. The molecule has 1 aromatic rings. The lowest BCUT2D eigenvalue weighted by Gasteiger charge is -2.28. The Balaban J connectivity index is 1.95. The first-order chi connectivity index (χ1) is 13.0. The second kappa shape index (κ2) is 8.03. The third-order valence-corrected chi connectivity index (χ3v) is 4.46. The van der Waals surface area contributed by atoms with Crippen molar-refractivity contribution in [2.75, 3.05) is 13.7 Å². The number of hydrogen-bond donors (Lipinski definition) is 1. The van der Waals surface area contributed by atoms with Crippen molar-refractivity contribution in [3.8, 4) is 5.75 Å². The van der Waals surface area contributed by atoms with Crippen LogP contribution in [-0.2, 0) is 20.9 Å². The Kier molecular flexibility index (Phi) is 5.54. The minimum atomic E-state index is -0.654. The lowest BCUT2D eigenvalue weighted by atomic mass is 9.85. The fourth-order valence-electron chi connectivity index (χ4n) is 3.14. The van der Waals surface area contributed by atoms with Crippen LogP contribution in [0, 0.1) is 5.92 Å². The van der Waals surface area contributed by atoms with Gasteiger partial charge in [0.25, 0.3) is 5.91 Å². The Morgan fingerprint density at radius 3 is 2.89 bits per heavy atom. The number of allylic oxidation sites excluding steroid dienone is 4. The molecule has 0 bridgehead atoms. The van der Waals surface area contributed by atoms with E-state index < -0.39 is 11.9 Å². The SMILES string of the molecule is CCOC(=O)C1=C(NCc2cccc(OC)c2)C2C=CC=C(C)C2=NC1=O. The minimum Gasteiger partial charge on any atom is -0.497 e.